The number of carbonyl (C=O) groups is 2. The van der Waals surface area contributed by atoms with Crippen molar-refractivity contribution in [2.24, 2.45) is 0 Å². The molecule has 1 N–H and O–H groups in total. The van der Waals surface area contributed by atoms with E-state index in [1.165, 1.54) is 12.3 Å². The molecule has 0 bridgehead atoms. The van der Waals surface area contributed by atoms with E-state index in [-0.39, 0.29) is 29.9 Å². The first-order valence-corrected chi connectivity index (χ1v) is 12.0. The number of hydrogen-bond donors (Lipinski definition) is 1. The van der Waals surface area contributed by atoms with Crippen LogP contribution >= 0.6 is 0 Å². The molecule has 0 aliphatic carbocycles. The number of amides is 1. The Morgan fingerprint density at radius 2 is 1.79 bits per heavy atom. The topological polar surface area (TPSA) is 82.4 Å². The van der Waals surface area contributed by atoms with Crippen LogP contribution in [0, 0.1) is 0 Å². The van der Waals surface area contributed by atoms with Gasteiger partial charge in [0.05, 0.1) is 22.6 Å². The third-order valence-corrected chi connectivity index (χ3v) is 6.02. The molecule has 0 unspecified atom stereocenters. The standard InChI is InChI=1S/C29H22F3N3O4/c30-29(31,32)28(37)39-35-24-13-15-34-27(36)23(24)17-25(35)21-12-14-33-22(16-21)11-10-20-8-4-5-9-26(20)38-18-19-6-2-1-3-7-19/h1-12,14,16-17H,13,15,18H2,(H,34,36). The van der Waals surface area contributed by atoms with Gasteiger partial charge in [0.15, 0.2) is 0 Å². The molecule has 7 nitrogen and oxygen atoms in total. The second-order valence-corrected chi connectivity index (χ2v) is 8.68. The third kappa shape index (κ3) is 5.85. The maximum Gasteiger partial charge on any atom is 0.493 e. The van der Waals surface area contributed by atoms with Gasteiger partial charge in [-0.1, -0.05) is 48.5 Å². The fourth-order valence-corrected chi connectivity index (χ4v) is 4.15. The number of pyridine rings is 1. The molecular weight excluding hydrogens is 511 g/mol. The highest BCUT2D eigenvalue weighted by molar-refractivity contribution is 5.98. The minimum Gasteiger partial charge on any atom is -0.488 e. The average Bonchev–Trinajstić information content (AvgIpc) is 3.31. The summed E-state index contributed by atoms with van der Waals surface area (Å²) in [6.45, 7) is 0.597. The van der Waals surface area contributed by atoms with E-state index in [4.69, 9.17) is 9.57 Å². The maximum absolute atomic E-state index is 13.0. The molecule has 0 spiro atoms. The Balaban J connectivity index is 1.43. The molecule has 1 aliphatic rings. The zero-order valence-corrected chi connectivity index (χ0v) is 20.4. The normalized spacial score (nSPS) is 13.2. The Morgan fingerprint density at radius 3 is 2.59 bits per heavy atom. The summed E-state index contributed by atoms with van der Waals surface area (Å²) in [4.78, 5) is 33.1. The number of halogens is 3. The number of benzene rings is 2. The van der Waals surface area contributed by atoms with Gasteiger partial charge in [-0.05, 0) is 42.0 Å². The fourth-order valence-electron chi connectivity index (χ4n) is 4.15. The molecule has 0 atom stereocenters. The second kappa shape index (κ2) is 10.9. The summed E-state index contributed by atoms with van der Waals surface area (Å²) < 4.78 is 45.8. The summed E-state index contributed by atoms with van der Waals surface area (Å²) in [6.07, 6.45) is 0.0234. The van der Waals surface area contributed by atoms with Crippen molar-refractivity contribution in [2.75, 3.05) is 6.54 Å². The van der Waals surface area contributed by atoms with Gasteiger partial charge >= 0.3 is 12.1 Å². The van der Waals surface area contributed by atoms with Crippen molar-refractivity contribution in [3.05, 3.63) is 107 Å². The summed E-state index contributed by atoms with van der Waals surface area (Å²) in [7, 11) is 0. The molecule has 0 saturated heterocycles. The van der Waals surface area contributed by atoms with Gasteiger partial charge in [-0.15, -0.1) is 0 Å². The minimum atomic E-state index is -5.20. The molecule has 1 amide bonds. The lowest BCUT2D eigenvalue weighted by molar-refractivity contribution is -0.199. The van der Waals surface area contributed by atoms with Crippen LogP contribution in [0.5, 0.6) is 5.75 Å². The third-order valence-electron chi connectivity index (χ3n) is 6.02. The highest BCUT2D eigenvalue weighted by Gasteiger charge is 2.43. The molecule has 0 saturated carbocycles. The molecule has 2 aromatic heterocycles. The highest BCUT2D eigenvalue weighted by Crippen LogP contribution is 2.29. The largest absolute Gasteiger partial charge is 0.493 e. The Morgan fingerprint density at radius 1 is 1.03 bits per heavy atom. The van der Waals surface area contributed by atoms with Gasteiger partial charge in [-0.25, -0.2) is 4.79 Å². The Hall–Kier alpha value is -4.86. The molecule has 3 heterocycles. The van der Waals surface area contributed by atoms with E-state index in [0.717, 1.165) is 15.9 Å². The van der Waals surface area contributed by atoms with Crippen LogP contribution in [0.3, 0.4) is 0 Å². The van der Waals surface area contributed by atoms with E-state index < -0.39 is 18.1 Å². The monoisotopic (exact) mass is 533 g/mol. The SMILES string of the molecule is O=C1NCCc2c1cc(-c1ccnc(C=Cc3ccccc3OCc3ccccc3)c1)n2OC(=O)C(F)(F)F. The van der Waals surface area contributed by atoms with Gasteiger partial charge in [0.2, 0.25) is 0 Å². The summed E-state index contributed by atoms with van der Waals surface area (Å²) in [5.74, 6) is -2.17. The molecule has 0 fully saturated rings. The van der Waals surface area contributed by atoms with Crippen LogP contribution in [-0.2, 0) is 17.8 Å². The highest BCUT2D eigenvalue weighted by atomic mass is 19.4. The number of aromatic nitrogens is 2. The van der Waals surface area contributed by atoms with Crippen molar-refractivity contribution in [2.45, 2.75) is 19.2 Å². The number of carbonyl (C=O) groups excluding carboxylic acids is 2. The first-order chi connectivity index (χ1) is 18.8. The van der Waals surface area contributed by atoms with Gasteiger partial charge < -0.3 is 14.9 Å². The predicted octanol–water partition coefficient (Wildman–Crippen LogP) is 5.10. The van der Waals surface area contributed by atoms with Crippen molar-refractivity contribution < 1.29 is 32.3 Å². The van der Waals surface area contributed by atoms with Crippen LogP contribution in [0.15, 0.2) is 79.0 Å². The van der Waals surface area contributed by atoms with Crippen molar-refractivity contribution in [3.8, 4) is 17.0 Å². The number of rotatable bonds is 7. The molecule has 39 heavy (non-hydrogen) atoms. The molecule has 10 heteroatoms. The van der Waals surface area contributed by atoms with Crippen molar-refractivity contribution >= 4 is 24.0 Å². The van der Waals surface area contributed by atoms with E-state index >= 15 is 0 Å². The second-order valence-electron chi connectivity index (χ2n) is 8.68. The van der Waals surface area contributed by atoms with Crippen molar-refractivity contribution in [1.82, 2.24) is 15.0 Å². The first-order valence-electron chi connectivity index (χ1n) is 12.0. The molecule has 198 valence electrons. The summed E-state index contributed by atoms with van der Waals surface area (Å²) in [5, 5.41) is 2.64. The van der Waals surface area contributed by atoms with Crippen molar-refractivity contribution in [1.29, 1.82) is 0 Å². The summed E-state index contributed by atoms with van der Waals surface area (Å²) in [6, 6.07) is 21.8. The number of nitrogens with one attached hydrogen (secondary N) is 1. The van der Waals surface area contributed by atoms with Crippen LogP contribution in [0.25, 0.3) is 23.4 Å². The van der Waals surface area contributed by atoms with E-state index in [2.05, 4.69) is 10.3 Å². The van der Waals surface area contributed by atoms with E-state index in [9.17, 15) is 22.8 Å². The van der Waals surface area contributed by atoms with Gasteiger partial charge in [0.1, 0.15) is 12.4 Å². The van der Waals surface area contributed by atoms with Gasteiger partial charge in [-0.3, -0.25) is 9.78 Å². The maximum atomic E-state index is 13.0. The van der Waals surface area contributed by atoms with Gasteiger partial charge in [0.25, 0.3) is 5.91 Å². The molecule has 1 aliphatic heterocycles. The number of hydrogen-bond acceptors (Lipinski definition) is 5. The average molecular weight is 534 g/mol. The number of ether oxygens (including phenoxy) is 1. The minimum absolute atomic E-state index is 0.123. The lowest BCUT2D eigenvalue weighted by atomic mass is 10.1. The molecule has 5 rings (SSSR count). The zero-order valence-electron chi connectivity index (χ0n) is 20.4. The quantitative estimate of drug-likeness (QED) is 0.357. The van der Waals surface area contributed by atoms with Gasteiger partial charge in [-0.2, -0.15) is 17.9 Å². The molecule has 4 aromatic rings. The smallest absolute Gasteiger partial charge is 0.488 e. The molecule has 2 aromatic carbocycles. The van der Waals surface area contributed by atoms with E-state index in [0.29, 0.717) is 23.6 Å². The zero-order chi connectivity index (χ0) is 27.4. The van der Waals surface area contributed by atoms with Crippen LogP contribution in [-0.4, -0.2) is 34.3 Å². The lowest BCUT2D eigenvalue weighted by Crippen LogP contribution is -2.37. The molecule has 0 radical (unpaired) electrons. The van der Waals surface area contributed by atoms with Crippen LogP contribution in [0.1, 0.15) is 32.9 Å². The van der Waals surface area contributed by atoms with Crippen LogP contribution < -0.4 is 14.9 Å². The van der Waals surface area contributed by atoms with E-state index in [1.807, 2.05) is 60.7 Å². The number of para-hydroxylation sites is 1. The molecular formula is C29H22F3N3O4. The number of fused-ring (bicyclic) bond motifs is 1. The Labute approximate surface area is 221 Å². The fraction of sp³-hybridized carbons (Fsp3) is 0.138. The van der Waals surface area contributed by atoms with Crippen LogP contribution in [0.2, 0.25) is 0 Å². The Bertz CT molecular complexity index is 1550. The Kier molecular flexibility index (Phi) is 7.18. The predicted molar refractivity (Wildman–Crippen MR) is 137 cm³/mol. The first kappa shape index (κ1) is 25.8. The van der Waals surface area contributed by atoms with E-state index in [1.54, 1.807) is 18.2 Å². The van der Waals surface area contributed by atoms with Gasteiger partial charge in [0, 0.05) is 30.3 Å². The van der Waals surface area contributed by atoms with Crippen molar-refractivity contribution in [3.63, 3.8) is 0 Å². The lowest BCUT2D eigenvalue weighted by Gasteiger charge is -2.17. The summed E-state index contributed by atoms with van der Waals surface area (Å²) in [5.41, 5.74) is 3.18. The number of alkyl halides is 3. The summed E-state index contributed by atoms with van der Waals surface area (Å²) >= 11 is 0. The number of nitrogens with zero attached hydrogens (tertiary/aromatic N) is 2. The van der Waals surface area contributed by atoms with Crippen LogP contribution in [0.4, 0.5) is 13.2 Å².